The Balaban J connectivity index is 1.47. The van der Waals surface area contributed by atoms with Crippen LogP contribution in [0.15, 0.2) is 41.4 Å². The molecule has 0 atom stereocenters. The molecule has 0 aromatic heterocycles. The van der Waals surface area contributed by atoms with Crippen molar-refractivity contribution in [2.75, 3.05) is 19.9 Å². The van der Waals surface area contributed by atoms with Crippen LogP contribution in [-0.2, 0) is 5.75 Å². The van der Waals surface area contributed by atoms with Gasteiger partial charge in [-0.05, 0) is 43.2 Å². The Labute approximate surface area is 157 Å². The fraction of sp³-hybridized carbons (Fsp3) is 0.300. The average molecular weight is 368 g/mol. The second-order valence-corrected chi connectivity index (χ2v) is 7.35. The van der Waals surface area contributed by atoms with E-state index in [1.54, 1.807) is 34.9 Å². The van der Waals surface area contributed by atoms with Crippen LogP contribution in [0.3, 0.4) is 0 Å². The van der Waals surface area contributed by atoms with Crippen LogP contribution in [0.2, 0.25) is 0 Å². The largest absolute Gasteiger partial charge is 0.454 e. The number of amides is 1. The van der Waals surface area contributed by atoms with Gasteiger partial charge in [0, 0.05) is 17.9 Å². The highest BCUT2D eigenvalue weighted by Crippen LogP contribution is 2.33. The molecular formula is C20H20N2O3S. The molecule has 26 heavy (non-hydrogen) atoms. The number of ether oxygens (including phenoxy) is 2. The van der Waals surface area contributed by atoms with Gasteiger partial charge in [-0.3, -0.25) is 14.7 Å². The van der Waals surface area contributed by atoms with Crippen LogP contribution in [0.5, 0.6) is 11.5 Å². The van der Waals surface area contributed by atoms with Crippen LogP contribution in [0, 0.1) is 13.8 Å². The van der Waals surface area contributed by atoms with Crippen LogP contribution in [0.25, 0.3) is 0 Å². The third-order valence-corrected chi connectivity index (χ3v) is 5.59. The summed E-state index contributed by atoms with van der Waals surface area (Å²) in [5, 5.41) is 0.786. The van der Waals surface area contributed by atoms with Gasteiger partial charge in [-0.2, -0.15) is 0 Å². The molecule has 0 unspecified atom stereocenters. The molecule has 2 aliphatic heterocycles. The first kappa shape index (κ1) is 17.0. The van der Waals surface area contributed by atoms with Crippen LogP contribution < -0.4 is 9.47 Å². The maximum atomic E-state index is 12.9. The van der Waals surface area contributed by atoms with Crippen molar-refractivity contribution in [3.05, 3.63) is 58.7 Å². The minimum atomic E-state index is -0.0481. The third-order valence-electron chi connectivity index (χ3n) is 4.53. The number of rotatable bonds is 3. The van der Waals surface area contributed by atoms with E-state index in [0.29, 0.717) is 30.2 Å². The van der Waals surface area contributed by atoms with Gasteiger partial charge in [-0.25, -0.2) is 0 Å². The summed E-state index contributed by atoms with van der Waals surface area (Å²) in [6.45, 7) is 5.67. The van der Waals surface area contributed by atoms with Gasteiger partial charge in [0.2, 0.25) is 6.79 Å². The molecule has 1 amide bonds. The SMILES string of the molecule is Cc1ccc(C)c(CSC2=NCCN2C(=O)c2ccc3c(c2)OCO3)c1. The lowest BCUT2D eigenvalue weighted by atomic mass is 10.1. The maximum absolute atomic E-state index is 12.9. The van der Waals surface area contributed by atoms with E-state index in [1.807, 2.05) is 0 Å². The number of thioether (sulfide) groups is 1. The molecule has 5 nitrogen and oxygen atoms in total. The fourth-order valence-corrected chi connectivity index (χ4v) is 4.13. The van der Waals surface area contributed by atoms with Crippen molar-refractivity contribution in [2.24, 2.45) is 4.99 Å². The van der Waals surface area contributed by atoms with Gasteiger partial charge < -0.3 is 9.47 Å². The highest BCUT2D eigenvalue weighted by molar-refractivity contribution is 8.13. The first-order valence-electron chi connectivity index (χ1n) is 8.57. The first-order chi connectivity index (χ1) is 12.6. The molecule has 0 N–H and O–H groups in total. The molecule has 0 radical (unpaired) electrons. The molecule has 0 saturated heterocycles. The van der Waals surface area contributed by atoms with E-state index in [-0.39, 0.29) is 12.7 Å². The monoisotopic (exact) mass is 368 g/mol. The molecular weight excluding hydrogens is 348 g/mol. The van der Waals surface area contributed by atoms with E-state index < -0.39 is 0 Å². The van der Waals surface area contributed by atoms with Gasteiger partial charge in [0.1, 0.15) is 0 Å². The Morgan fingerprint density at radius 1 is 1.15 bits per heavy atom. The zero-order valence-electron chi connectivity index (χ0n) is 14.8. The smallest absolute Gasteiger partial charge is 0.260 e. The third kappa shape index (κ3) is 3.29. The van der Waals surface area contributed by atoms with Crippen LogP contribution in [0.1, 0.15) is 27.0 Å². The van der Waals surface area contributed by atoms with Gasteiger partial charge in [0.15, 0.2) is 16.7 Å². The summed E-state index contributed by atoms with van der Waals surface area (Å²) in [6, 6.07) is 11.8. The van der Waals surface area contributed by atoms with Crippen molar-refractivity contribution < 1.29 is 14.3 Å². The molecule has 0 spiro atoms. The summed E-state index contributed by atoms with van der Waals surface area (Å²) >= 11 is 1.62. The van der Waals surface area contributed by atoms with E-state index in [2.05, 4.69) is 37.0 Å². The van der Waals surface area contributed by atoms with Crippen LogP contribution in [0.4, 0.5) is 0 Å². The molecule has 2 aromatic carbocycles. The van der Waals surface area contributed by atoms with E-state index >= 15 is 0 Å². The fourth-order valence-electron chi connectivity index (χ4n) is 3.02. The van der Waals surface area contributed by atoms with E-state index in [4.69, 9.17) is 9.47 Å². The molecule has 2 aromatic rings. The number of aryl methyl sites for hydroxylation is 2. The van der Waals surface area contributed by atoms with E-state index in [9.17, 15) is 4.79 Å². The molecule has 4 rings (SSSR count). The number of carbonyl (C=O) groups is 1. The molecule has 0 bridgehead atoms. The predicted octanol–water partition coefficient (Wildman–Crippen LogP) is 3.78. The van der Waals surface area contributed by atoms with Crippen LogP contribution in [-0.4, -0.2) is 35.9 Å². The number of hydrogen-bond donors (Lipinski definition) is 0. The van der Waals surface area contributed by atoms with Crippen molar-refractivity contribution in [3.63, 3.8) is 0 Å². The number of hydrogen-bond acceptors (Lipinski definition) is 5. The number of aliphatic imine (C=N–C) groups is 1. The molecule has 6 heteroatoms. The molecule has 0 aliphatic carbocycles. The Morgan fingerprint density at radius 3 is 2.88 bits per heavy atom. The molecule has 2 heterocycles. The normalized spacial score (nSPS) is 15.3. The predicted molar refractivity (Wildman–Crippen MR) is 103 cm³/mol. The number of amidine groups is 1. The summed E-state index contributed by atoms with van der Waals surface area (Å²) in [5.74, 6) is 2.06. The Hall–Kier alpha value is -2.47. The maximum Gasteiger partial charge on any atom is 0.260 e. The van der Waals surface area contributed by atoms with Gasteiger partial charge in [0.05, 0.1) is 6.54 Å². The Morgan fingerprint density at radius 2 is 2.00 bits per heavy atom. The van der Waals surface area contributed by atoms with Crippen molar-refractivity contribution >= 4 is 22.8 Å². The van der Waals surface area contributed by atoms with Crippen molar-refractivity contribution in [2.45, 2.75) is 19.6 Å². The quantitative estimate of drug-likeness (QED) is 0.827. The highest BCUT2D eigenvalue weighted by atomic mass is 32.2. The number of benzene rings is 2. The standard InChI is InChI=1S/C20H20N2O3S/c1-13-3-4-14(2)16(9-13)11-26-20-21-7-8-22(20)19(23)15-5-6-17-18(10-15)25-12-24-17/h3-6,9-10H,7-8,11-12H2,1-2H3. The summed E-state index contributed by atoms with van der Waals surface area (Å²) < 4.78 is 10.7. The molecule has 2 aliphatic rings. The van der Waals surface area contributed by atoms with Crippen molar-refractivity contribution in [1.82, 2.24) is 4.90 Å². The second-order valence-electron chi connectivity index (χ2n) is 6.41. The highest BCUT2D eigenvalue weighted by Gasteiger charge is 2.26. The Bertz CT molecular complexity index is 895. The molecule has 0 saturated carbocycles. The zero-order valence-corrected chi connectivity index (χ0v) is 15.6. The number of carbonyl (C=O) groups excluding carboxylic acids is 1. The van der Waals surface area contributed by atoms with Gasteiger partial charge in [0.25, 0.3) is 5.91 Å². The summed E-state index contributed by atoms with van der Waals surface area (Å²) in [6.07, 6.45) is 0. The second kappa shape index (κ2) is 7.03. The zero-order chi connectivity index (χ0) is 18.1. The molecule has 0 fully saturated rings. The van der Waals surface area contributed by atoms with Gasteiger partial charge in [-0.15, -0.1) is 0 Å². The summed E-state index contributed by atoms with van der Waals surface area (Å²) in [4.78, 5) is 19.2. The Kier molecular flexibility index (Phi) is 4.59. The first-order valence-corrected chi connectivity index (χ1v) is 9.55. The van der Waals surface area contributed by atoms with E-state index in [1.165, 1.54) is 16.7 Å². The van der Waals surface area contributed by atoms with Crippen molar-refractivity contribution in [3.8, 4) is 11.5 Å². The summed E-state index contributed by atoms with van der Waals surface area (Å²) in [5.41, 5.74) is 4.37. The van der Waals surface area contributed by atoms with E-state index in [0.717, 1.165) is 10.9 Å². The van der Waals surface area contributed by atoms with Gasteiger partial charge in [-0.1, -0.05) is 35.5 Å². The lowest BCUT2D eigenvalue weighted by Gasteiger charge is -2.18. The minimum absolute atomic E-state index is 0.0481. The number of nitrogens with zero attached hydrogens (tertiary/aromatic N) is 2. The van der Waals surface area contributed by atoms with Crippen molar-refractivity contribution in [1.29, 1.82) is 0 Å². The molecule has 134 valence electrons. The lowest BCUT2D eigenvalue weighted by molar-refractivity contribution is 0.0860. The van der Waals surface area contributed by atoms with Gasteiger partial charge >= 0.3 is 0 Å². The average Bonchev–Trinajstić information content (AvgIpc) is 3.30. The number of fused-ring (bicyclic) bond motifs is 1. The lowest BCUT2D eigenvalue weighted by Crippen LogP contribution is -2.32. The summed E-state index contributed by atoms with van der Waals surface area (Å²) in [7, 11) is 0. The minimum Gasteiger partial charge on any atom is -0.454 e. The van der Waals surface area contributed by atoms with Crippen LogP contribution >= 0.6 is 11.8 Å². The topological polar surface area (TPSA) is 51.1 Å².